The topological polar surface area (TPSA) is 67.9 Å². The summed E-state index contributed by atoms with van der Waals surface area (Å²) in [5.41, 5.74) is -0.793. The lowest BCUT2D eigenvalue weighted by atomic mass is 10.1. The van der Waals surface area contributed by atoms with Gasteiger partial charge in [-0.05, 0) is 36.4 Å². The molecule has 0 radical (unpaired) electrons. The van der Waals surface area contributed by atoms with Crippen LogP contribution in [-0.2, 0) is 20.9 Å². The molecule has 1 N–H and O–H groups in total. The van der Waals surface area contributed by atoms with Crippen LogP contribution in [0.4, 0.5) is 24.5 Å². The second kappa shape index (κ2) is 8.29. The quantitative estimate of drug-likeness (QED) is 0.745. The normalized spacial score (nSPS) is 15.3. The smallest absolute Gasteiger partial charge is 0.416 e. The Bertz CT molecular complexity index is 993. The van der Waals surface area contributed by atoms with Crippen LogP contribution in [-0.4, -0.2) is 41.8 Å². The van der Waals surface area contributed by atoms with Crippen LogP contribution in [0.1, 0.15) is 5.56 Å². The number of anilines is 2. The molecule has 0 saturated carbocycles. The van der Waals surface area contributed by atoms with Crippen LogP contribution >= 0.6 is 11.6 Å². The van der Waals surface area contributed by atoms with E-state index in [2.05, 4.69) is 4.72 Å². The van der Waals surface area contributed by atoms with Crippen molar-refractivity contribution in [2.75, 3.05) is 43.0 Å². The standard InChI is InChI=1S/C18H18ClF3N2O4S/c1-27-17-5-3-13(11-14(17)19)29(25,26)23-15-10-12(18(20,21)22)2-4-16(15)24-6-8-28-9-7-24/h2-5,10-11,23H,6-9H2,1H3. The summed E-state index contributed by atoms with van der Waals surface area (Å²) in [6.45, 7) is 1.63. The first-order chi connectivity index (χ1) is 13.6. The van der Waals surface area contributed by atoms with Crippen LogP contribution in [0.25, 0.3) is 0 Å². The molecule has 0 unspecified atom stereocenters. The average molecular weight is 451 g/mol. The third-order valence-corrected chi connectivity index (χ3v) is 6.01. The Morgan fingerprint density at radius 3 is 2.41 bits per heavy atom. The van der Waals surface area contributed by atoms with Crippen molar-refractivity contribution in [2.45, 2.75) is 11.1 Å². The van der Waals surface area contributed by atoms with Crippen molar-refractivity contribution >= 4 is 33.0 Å². The number of rotatable bonds is 5. The Morgan fingerprint density at radius 2 is 1.83 bits per heavy atom. The van der Waals surface area contributed by atoms with Gasteiger partial charge in [0.1, 0.15) is 5.75 Å². The molecular weight excluding hydrogens is 433 g/mol. The molecule has 0 spiro atoms. The fraction of sp³-hybridized carbons (Fsp3) is 0.333. The van der Waals surface area contributed by atoms with Crippen LogP contribution in [0.15, 0.2) is 41.3 Å². The molecule has 1 heterocycles. The van der Waals surface area contributed by atoms with Gasteiger partial charge in [0.25, 0.3) is 10.0 Å². The van der Waals surface area contributed by atoms with Crippen LogP contribution < -0.4 is 14.4 Å². The van der Waals surface area contributed by atoms with Gasteiger partial charge in [-0.25, -0.2) is 8.42 Å². The van der Waals surface area contributed by atoms with E-state index in [0.717, 1.165) is 12.1 Å². The number of hydrogen-bond acceptors (Lipinski definition) is 5. The van der Waals surface area contributed by atoms with E-state index in [1.165, 1.54) is 31.4 Å². The van der Waals surface area contributed by atoms with Gasteiger partial charge in [-0.1, -0.05) is 11.6 Å². The summed E-state index contributed by atoms with van der Waals surface area (Å²) in [5, 5.41) is 0.0628. The highest BCUT2D eigenvalue weighted by atomic mass is 35.5. The molecule has 0 aliphatic carbocycles. The number of morpholine rings is 1. The molecule has 0 atom stereocenters. The predicted molar refractivity (Wildman–Crippen MR) is 103 cm³/mol. The minimum absolute atomic E-state index is 0.0628. The Hall–Kier alpha value is -2.17. The Balaban J connectivity index is 2.01. The Kier molecular flexibility index (Phi) is 6.16. The highest BCUT2D eigenvalue weighted by Crippen LogP contribution is 2.37. The molecule has 1 fully saturated rings. The van der Waals surface area contributed by atoms with Gasteiger partial charge >= 0.3 is 6.18 Å². The summed E-state index contributed by atoms with van der Waals surface area (Å²) in [5.74, 6) is 0.277. The zero-order valence-electron chi connectivity index (χ0n) is 15.3. The minimum atomic E-state index is -4.62. The fourth-order valence-corrected chi connectivity index (χ4v) is 4.31. The number of benzene rings is 2. The summed E-state index contributed by atoms with van der Waals surface area (Å²) >= 11 is 5.99. The number of methoxy groups -OCH3 is 1. The molecule has 6 nitrogen and oxygen atoms in total. The molecule has 0 bridgehead atoms. The lowest BCUT2D eigenvalue weighted by Gasteiger charge is -2.31. The van der Waals surface area contributed by atoms with Crippen molar-refractivity contribution in [3.63, 3.8) is 0 Å². The molecule has 0 amide bonds. The fourth-order valence-electron chi connectivity index (χ4n) is 2.89. The van der Waals surface area contributed by atoms with Crippen LogP contribution in [0.5, 0.6) is 5.75 Å². The second-order valence-electron chi connectivity index (χ2n) is 6.23. The summed E-state index contributed by atoms with van der Waals surface area (Å²) in [6, 6.07) is 6.76. The van der Waals surface area contributed by atoms with Crippen molar-refractivity contribution in [1.29, 1.82) is 0 Å². The molecule has 1 aliphatic heterocycles. The molecule has 1 aliphatic rings. The van der Waals surface area contributed by atoms with E-state index in [9.17, 15) is 21.6 Å². The maximum Gasteiger partial charge on any atom is 0.416 e. The van der Waals surface area contributed by atoms with E-state index in [1.54, 1.807) is 4.90 Å². The zero-order chi connectivity index (χ0) is 21.2. The summed E-state index contributed by atoms with van der Waals surface area (Å²) in [6.07, 6.45) is -4.62. The van der Waals surface area contributed by atoms with Gasteiger partial charge in [0.2, 0.25) is 0 Å². The Labute approximate surface area is 171 Å². The largest absolute Gasteiger partial charge is 0.495 e. The lowest BCUT2D eigenvalue weighted by Crippen LogP contribution is -2.36. The molecule has 2 aromatic carbocycles. The number of alkyl halides is 3. The third kappa shape index (κ3) is 4.88. The lowest BCUT2D eigenvalue weighted by molar-refractivity contribution is -0.137. The number of hydrogen-bond donors (Lipinski definition) is 1. The first-order valence-corrected chi connectivity index (χ1v) is 10.4. The van der Waals surface area contributed by atoms with E-state index >= 15 is 0 Å². The van der Waals surface area contributed by atoms with Gasteiger partial charge in [-0.15, -0.1) is 0 Å². The summed E-state index contributed by atoms with van der Waals surface area (Å²) < 4.78 is 77.7. The number of sulfonamides is 1. The average Bonchev–Trinajstić information content (AvgIpc) is 2.67. The van der Waals surface area contributed by atoms with Crippen LogP contribution in [0, 0.1) is 0 Å². The van der Waals surface area contributed by atoms with Crippen molar-refractivity contribution < 1.29 is 31.1 Å². The summed E-state index contributed by atoms with van der Waals surface area (Å²) in [4.78, 5) is 1.57. The SMILES string of the molecule is COc1ccc(S(=O)(=O)Nc2cc(C(F)(F)F)ccc2N2CCOCC2)cc1Cl. The molecule has 0 aromatic heterocycles. The molecule has 11 heteroatoms. The number of halogens is 4. The molecular formula is C18H18ClF3N2O4S. The van der Waals surface area contributed by atoms with Gasteiger partial charge < -0.3 is 14.4 Å². The minimum Gasteiger partial charge on any atom is -0.495 e. The van der Waals surface area contributed by atoms with E-state index in [-0.39, 0.29) is 21.4 Å². The van der Waals surface area contributed by atoms with Crippen LogP contribution in [0.2, 0.25) is 5.02 Å². The van der Waals surface area contributed by atoms with E-state index in [1.807, 2.05) is 0 Å². The molecule has 158 valence electrons. The van der Waals surface area contributed by atoms with Gasteiger partial charge in [0, 0.05) is 13.1 Å². The van der Waals surface area contributed by atoms with Gasteiger partial charge in [0.05, 0.1) is 47.2 Å². The van der Waals surface area contributed by atoms with Crippen molar-refractivity contribution in [1.82, 2.24) is 0 Å². The van der Waals surface area contributed by atoms with Gasteiger partial charge in [-0.3, -0.25) is 4.72 Å². The highest BCUT2D eigenvalue weighted by Gasteiger charge is 2.32. The highest BCUT2D eigenvalue weighted by molar-refractivity contribution is 7.92. The second-order valence-corrected chi connectivity index (χ2v) is 8.32. The van der Waals surface area contributed by atoms with Gasteiger partial charge in [0.15, 0.2) is 0 Å². The van der Waals surface area contributed by atoms with E-state index in [4.69, 9.17) is 21.1 Å². The van der Waals surface area contributed by atoms with Crippen LogP contribution in [0.3, 0.4) is 0 Å². The van der Waals surface area contributed by atoms with Crippen molar-refractivity contribution in [2.24, 2.45) is 0 Å². The zero-order valence-corrected chi connectivity index (χ0v) is 16.9. The van der Waals surface area contributed by atoms with Gasteiger partial charge in [-0.2, -0.15) is 13.2 Å². The number of ether oxygens (including phenoxy) is 2. The van der Waals surface area contributed by atoms with Crippen molar-refractivity contribution in [3.05, 3.63) is 47.0 Å². The predicted octanol–water partition coefficient (Wildman–Crippen LogP) is 4.00. The maximum atomic E-state index is 13.2. The van der Waals surface area contributed by atoms with E-state index < -0.39 is 21.8 Å². The van der Waals surface area contributed by atoms with Crippen molar-refractivity contribution in [3.8, 4) is 5.75 Å². The molecule has 3 rings (SSSR count). The number of nitrogens with one attached hydrogen (secondary N) is 1. The van der Waals surface area contributed by atoms with E-state index in [0.29, 0.717) is 32.0 Å². The molecule has 1 saturated heterocycles. The third-order valence-electron chi connectivity index (χ3n) is 4.35. The summed E-state index contributed by atoms with van der Waals surface area (Å²) in [7, 11) is -2.82. The molecule has 29 heavy (non-hydrogen) atoms. The molecule has 2 aromatic rings. The first kappa shape index (κ1) is 21.5. The Morgan fingerprint density at radius 1 is 1.14 bits per heavy atom. The number of nitrogens with zero attached hydrogens (tertiary/aromatic N) is 1. The maximum absolute atomic E-state index is 13.2. The monoisotopic (exact) mass is 450 g/mol. The first-order valence-electron chi connectivity index (χ1n) is 8.52.